The minimum absolute atomic E-state index is 0. The maximum absolute atomic E-state index is 14.0. The topological polar surface area (TPSA) is 83.2 Å². The highest BCUT2D eigenvalue weighted by molar-refractivity contribution is 5.97. The van der Waals surface area contributed by atoms with Gasteiger partial charge in [0.15, 0.2) is 0 Å². The largest absolute Gasteiger partial charge is 0.383 e. The second-order valence-electron chi connectivity index (χ2n) is 10.4. The summed E-state index contributed by atoms with van der Waals surface area (Å²) in [4.78, 5) is 19.9. The monoisotopic (exact) mass is 440 g/mol. The second-order valence-corrected chi connectivity index (χ2v) is 10.4. The van der Waals surface area contributed by atoms with Crippen LogP contribution in [0.15, 0.2) is 11.8 Å². The van der Waals surface area contributed by atoms with Crippen molar-refractivity contribution in [3.05, 3.63) is 34.2 Å². The van der Waals surface area contributed by atoms with Gasteiger partial charge in [-0.2, -0.15) is 5.10 Å². The molecule has 2 N–H and O–H groups in total. The Kier molecular flexibility index (Phi) is 4.31. The second kappa shape index (κ2) is 6.81. The Labute approximate surface area is 191 Å². The van der Waals surface area contributed by atoms with Crippen LogP contribution < -0.4 is 0 Å². The molecule has 7 heteroatoms. The summed E-state index contributed by atoms with van der Waals surface area (Å²) in [6.07, 6.45) is 8.42. The van der Waals surface area contributed by atoms with Crippen molar-refractivity contribution < 1.29 is 17.1 Å². The lowest BCUT2D eigenvalue weighted by Gasteiger charge is -2.31. The van der Waals surface area contributed by atoms with E-state index < -0.39 is 5.41 Å². The summed E-state index contributed by atoms with van der Waals surface area (Å²) >= 11 is 0. The smallest absolute Gasteiger partial charge is 0.238 e. The Bertz CT molecular complexity index is 1130. The zero-order valence-corrected chi connectivity index (χ0v) is 19.4. The molecule has 0 aromatic carbocycles. The van der Waals surface area contributed by atoms with E-state index in [0.29, 0.717) is 25.0 Å². The first-order valence-electron chi connectivity index (χ1n) is 11.8. The van der Waals surface area contributed by atoms with Crippen LogP contribution in [0.1, 0.15) is 57.8 Å². The quantitative estimate of drug-likeness (QED) is 0.716. The van der Waals surface area contributed by atoms with Crippen molar-refractivity contribution in [1.29, 1.82) is 0 Å². The summed E-state index contributed by atoms with van der Waals surface area (Å²) in [5, 5.41) is 7.55. The fourth-order valence-electron chi connectivity index (χ4n) is 6.87. The third-order valence-electron chi connectivity index (χ3n) is 8.03. The van der Waals surface area contributed by atoms with Gasteiger partial charge in [-0.1, -0.05) is 13.8 Å². The van der Waals surface area contributed by atoms with E-state index in [4.69, 9.17) is 9.47 Å². The molecular formula is C25H36N4O3. The van der Waals surface area contributed by atoms with Crippen LogP contribution in [0.25, 0.3) is 17.5 Å². The highest BCUT2D eigenvalue weighted by atomic mass is 16.5. The standard InChI is InChI=1S/C25H32N4O3.2H2/c1-14(2)11-29-23(30)24(12-31-3,13-32-4)19-8-18-20(17-9-25(17,19)29)16-7-5-6-15-10-26-28-21(15)22(16)27-18;;/h8,10,14,17,27H,5-7,9,11-13H2,1-4H3,(H,26,28);2*1H. The molecule has 2 atom stereocenters. The van der Waals surface area contributed by atoms with Gasteiger partial charge in [0.1, 0.15) is 5.41 Å². The first-order chi connectivity index (χ1) is 15.5. The Morgan fingerprint density at radius 2 is 2.03 bits per heavy atom. The zero-order valence-electron chi connectivity index (χ0n) is 19.4. The molecule has 3 aliphatic carbocycles. The van der Waals surface area contributed by atoms with E-state index in [-0.39, 0.29) is 14.3 Å². The summed E-state index contributed by atoms with van der Waals surface area (Å²) in [5.41, 5.74) is 7.76. The van der Waals surface area contributed by atoms with Gasteiger partial charge in [-0.05, 0) is 59.9 Å². The first-order valence-corrected chi connectivity index (χ1v) is 11.8. The summed E-state index contributed by atoms with van der Waals surface area (Å²) in [6.45, 7) is 5.82. The maximum atomic E-state index is 14.0. The molecule has 1 saturated carbocycles. The van der Waals surface area contributed by atoms with Crippen LogP contribution in [0.2, 0.25) is 0 Å². The minimum atomic E-state index is -0.757. The van der Waals surface area contributed by atoms with Gasteiger partial charge in [0, 0.05) is 35.2 Å². The number of aromatic amines is 2. The van der Waals surface area contributed by atoms with Gasteiger partial charge in [-0.25, -0.2) is 0 Å². The normalized spacial score (nSPS) is 26.8. The summed E-state index contributed by atoms with van der Waals surface area (Å²) in [7, 11) is 3.36. The number of H-pyrrole nitrogens is 2. The number of nitrogens with one attached hydrogen (secondary N) is 2. The average Bonchev–Trinajstić information content (AvgIpc) is 3.15. The van der Waals surface area contributed by atoms with Crippen LogP contribution in [0, 0.1) is 11.3 Å². The summed E-state index contributed by atoms with van der Waals surface area (Å²) in [5.74, 6) is 0.894. The highest BCUT2D eigenvalue weighted by Crippen LogP contribution is 2.71. The zero-order chi connectivity index (χ0) is 22.3. The van der Waals surface area contributed by atoms with Crippen LogP contribution in [-0.2, 0) is 27.1 Å². The Morgan fingerprint density at radius 3 is 2.75 bits per heavy atom. The Morgan fingerprint density at radius 1 is 1.25 bits per heavy atom. The van der Waals surface area contributed by atoms with Crippen LogP contribution >= 0.6 is 0 Å². The van der Waals surface area contributed by atoms with Gasteiger partial charge in [0.25, 0.3) is 0 Å². The van der Waals surface area contributed by atoms with E-state index in [0.717, 1.165) is 43.6 Å². The molecule has 174 valence electrons. The Hall–Kier alpha value is -2.38. The molecule has 32 heavy (non-hydrogen) atoms. The first kappa shape index (κ1) is 20.2. The molecule has 7 nitrogen and oxygen atoms in total. The number of aryl methyl sites for hydroxylation is 1. The molecule has 2 unspecified atom stereocenters. The number of methoxy groups -OCH3 is 2. The van der Waals surface area contributed by atoms with E-state index in [1.165, 1.54) is 28.0 Å². The third kappa shape index (κ3) is 2.38. The van der Waals surface area contributed by atoms with Crippen LogP contribution in [0.4, 0.5) is 0 Å². The van der Waals surface area contributed by atoms with Crippen LogP contribution in [0.3, 0.4) is 0 Å². The van der Waals surface area contributed by atoms with E-state index in [2.05, 4.69) is 40.0 Å². The van der Waals surface area contributed by atoms with Crippen molar-refractivity contribution >= 4 is 12.0 Å². The van der Waals surface area contributed by atoms with Crippen molar-refractivity contribution in [2.75, 3.05) is 34.0 Å². The minimum Gasteiger partial charge on any atom is -0.383 e. The third-order valence-corrected chi connectivity index (χ3v) is 8.03. The molecule has 1 spiro atoms. The Balaban J connectivity index is 0.00000137. The van der Waals surface area contributed by atoms with Crippen LogP contribution in [-0.4, -0.2) is 65.5 Å². The molecule has 0 radical (unpaired) electrons. The molecular weight excluding hydrogens is 404 g/mol. The summed E-state index contributed by atoms with van der Waals surface area (Å²) in [6, 6.07) is 0. The lowest BCUT2D eigenvalue weighted by atomic mass is 9.76. The molecule has 4 aliphatic rings. The predicted octanol–water partition coefficient (Wildman–Crippen LogP) is 3.79. The molecule has 2 fully saturated rings. The molecule has 1 amide bonds. The molecule has 1 saturated heterocycles. The van der Waals surface area contributed by atoms with E-state index >= 15 is 0 Å². The fourth-order valence-corrected chi connectivity index (χ4v) is 6.87. The molecule has 0 bridgehead atoms. The number of rotatable bonds is 6. The van der Waals surface area contributed by atoms with Gasteiger partial charge in [-0.15, -0.1) is 0 Å². The van der Waals surface area contributed by atoms with Crippen molar-refractivity contribution in [2.24, 2.45) is 11.3 Å². The number of aromatic nitrogens is 3. The van der Waals surface area contributed by atoms with Gasteiger partial charge >= 0.3 is 0 Å². The number of ether oxygens (including phenoxy) is 2. The number of nitrogens with zero attached hydrogens (tertiary/aromatic N) is 2. The predicted molar refractivity (Wildman–Crippen MR) is 125 cm³/mol. The molecule has 6 rings (SSSR count). The van der Waals surface area contributed by atoms with E-state index in [9.17, 15) is 4.79 Å². The fraction of sp³-hybridized carbons (Fsp3) is 0.600. The number of likely N-dealkylation sites (tertiary alicyclic amines) is 1. The van der Waals surface area contributed by atoms with Gasteiger partial charge in [0.05, 0.1) is 36.3 Å². The lowest BCUT2D eigenvalue weighted by molar-refractivity contribution is -0.142. The SMILES string of the molecule is COCC1(COC)C(=O)N(CC(C)C)C23CC2c2c([nH]c4c2CCCc2cn[nH]c2-4)C=C13.[HH].[HH]. The number of hydrogen-bond donors (Lipinski definition) is 2. The van der Waals surface area contributed by atoms with E-state index in [1.54, 1.807) is 14.2 Å². The van der Waals surface area contributed by atoms with Crippen molar-refractivity contribution in [3.63, 3.8) is 0 Å². The van der Waals surface area contributed by atoms with Gasteiger partial charge in [-0.3, -0.25) is 9.89 Å². The number of hydrogen-bond acceptors (Lipinski definition) is 4. The molecule has 2 aromatic heterocycles. The average molecular weight is 441 g/mol. The van der Waals surface area contributed by atoms with Gasteiger partial charge < -0.3 is 19.4 Å². The number of amides is 1. The highest BCUT2D eigenvalue weighted by Gasteiger charge is 2.75. The van der Waals surface area contributed by atoms with E-state index in [1.807, 2.05) is 6.20 Å². The number of carbonyl (C=O) groups is 1. The van der Waals surface area contributed by atoms with Crippen molar-refractivity contribution in [3.8, 4) is 11.4 Å². The molecule has 1 aliphatic heterocycles. The van der Waals surface area contributed by atoms with Crippen molar-refractivity contribution in [2.45, 2.75) is 51.0 Å². The molecule has 3 heterocycles. The lowest BCUT2D eigenvalue weighted by Crippen LogP contribution is -2.43. The van der Waals surface area contributed by atoms with Gasteiger partial charge in [0.2, 0.25) is 5.91 Å². The summed E-state index contributed by atoms with van der Waals surface area (Å²) < 4.78 is 11.3. The molecule has 2 aromatic rings. The number of fused-ring (bicyclic) bond motifs is 6. The number of carbonyl (C=O) groups excluding carboxylic acids is 1. The maximum Gasteiger partial charge on any atom is 0.238 e. The van der Waals surface area contributed by atoms with Crippen molar-refractivity contribution in [1.82, 2.24) is 20.1 Å². The van der Waals surface area contributed by atoms with Crippen LogP contribution in [0.5, 0.6) is 0 Å².